The SMILES string of the molecule is O=c1[nH]sc2ccccc12.[Zn]. The number of nitrogens with one attached hydrogen (secondary N) is 1. The number of rotatable bonds is 0. The fourth-order valence-corrected chi connectivity index (χ4v) is 1.63. The van der Waals surface area contributed by atoms with E-state index in [1.165, 1.54) is 11.5 Å². The molecule has 0 aliphatic carbocycles. The number of aromatic nitrogens is 1. The van der Waals surface area contributed by atoms with Crippen molar-refractivity contribution >= 4 is 21.6 Å². The van der Waals surface area contributed by atoms with Gasteiger partial charge in [0.1, 0.15) is 0 Å². The van der Waals surface area contributed by atoms with Crippen LogP contribution in [0.4, 0.5) is 0 Å². The molecule has 0 aliphatic heterocycles. The van der Waals surface area contributed by atoms with Gasteiger partial charge >= 0.3 is 0 Å². The van der Waals surface area contributed by atoms with E-state index in [0.29, 0.717) is 0 Å². The molecule has 0 bridgehead atoms. The largest absolute Gasteiger partial charge is 0.277 e. The zero-order valence-electron chi connectivity index (χ0n) is 5.83. The van der Waals surface area contributed by atoms with E-state index in [4.69, 9.17) is 0 Å². The first-order chi connectivity index (χ1) is 4.88. The quantitative estimate of drug-likeness (QED) is 0.667. The van der Waals surface area contributed by atoms with Gasteiger partial charge in [0.15, 0.2) is 0 Å². The van der Waals surface area contributed by atoms with Gasteiger partial charge in [-0.3, -0.25) is 9.17 Å². The Labute approximate surface area is 80.2 Å². The van der Waals surface area contributed by atoms with Crippen LogP contribution in [0.25, 0.3) is 10.1 Å². The summed E-state index contributed by atoms with van der Waals surface area (Å²) in [4.78, 5) is 10.9. The molecule has 2 nitrogen and oxygen atoms in total. The molecule has 0 spiro atoms. The van der Waals surface area contributed by atoms with Gasteiger partial charge < -0.3 is 0 Å². The van der Waals surface area contributed by atoms with Gasteiger partial charge in [-0.05, 0) is 12.1 Å². The van der Waals surface area contributed by atoms with E-state index in [1.54, 1.807) is 0 Å². The average molecular weight is 217 g/mol. The fourth-order valence-electron chi connectivity index (χ4n) is 0.900. The summed E-state index contributed by atoms with van der Waals surface area (Å²) >= 11 is 1.38. The van der Waals surface area contributed by atoms with Crippen molar-refractivity contribution in [3.8, 4) is 0 Å². The number of benzene rings is 1. The summed E-state index contributed by atoms with van der Waals surface area (Å²) in [5.41, 5.74) is 0.0144. The summed E-state index contributed by atoms with van der Waals surface area (Å²) in [7, 11) is 0. The molecule has 1 aromatic carbocycles. The first-order valence-electron chi connectivity index (χ1n) is 2.94. The maximum Gasteiger partial charge on any atom is 0.265 e. The van der Waals surface area contributed by atoms with Gasteiger partial charge in [-0.1, -0.05) is 23.7 Å². The molecule has 2 aromatic rings. The van der Waals surface area contributed by atoms with E-state index in [9.17, 15) is 4.79 Å². The molecule has 1 heterocycles. The summed E-state index contributed by atoms with van der Waals surface area (Å²) in [6, 6.07) is 7.54. The Morgan fingerprint density at radius 1 is 1.27 bits per heavy atom. The molecule has 0 saturated carbocycles. The zero-order chi connectivity index (χ0) is 6.97. The molecule has 52 valence electrons. The maximum absolute atomic E-state index is 10.9. The van der Waals surface area contributed by atoms with E-state index in [-0.39, 0.29) is 25.0 Å². The van der Waals surface area contributed by atoms with Crippen LogP contribution in [-0.4, -0.2) is 4.37 Å². The first kappa shape index (κ1) is 8.63. The third-order valence-electron chi connectivity index (χ3n) is 1.39. The second kappa shape index (κ2) is 3.29. The third-order valence-corrected chi connectivity index (χ3v) is 2.25. The molecular weight excluding hydrogens is 212 g/mol. The van der Waals surface area contributed by atoms with Crippen LogP contribution in [0.3, 0.4) is 0 Å². The fraction of sp³-hybridized carbons (Fsp3) is 0. The van der Waals surface area contributed by atoms with Crippen LogP contribution in [0.2, 0.25) is 0 Å². The first-order valence-corrected chi connectivity index (χ1v) is 3.76. The number of hydrogen-bond acceptors (Lipinski definition) is 2. The molecular formula is C7H5NOSZn. The molecule has 1 N–H and O–H groups in total. The molecule has 0 aliphatic rings. The maximum atomic E-state index is 10.9. The van der Waals surface area contributed by atoms with Crippen LogP contribution in [0.5, 0.6) is 0 Å². The molecule has 0 fully saturated rings. The monoisotopic (exact) mass is 215 g/mol. The minimum Gasteiger partial charge on any atom is -0.277 e. The molecule has 0 amide bonds. The van der Waals surface area contributed by atoms with Crippen molar-refractivity contribution in [3.05, 3.63) is 34.6 Å². The molecule has 0 unspecified atom stereocenters. The van der Waals surface area contributed by atoms with E-state index >= 15 is 0 Å². The molecule has 1 aromatic heterocycles. The van der Waals surface area contributed by atoms with Crippen LogP contribution < -0.4 is 5.56 Å². The Bertz CT molecular complexity index is 406. The number of hydrogen-bond donors (Lipinski definition) is 1. The van der Waals surface area contributed by atoms with Gasteiger partial charge in [0.05, 0.1) is 10.1 Å². The van der Waals surface area contributed by atoms with Gasteiger partial charge in [0.25, 0.3) is 5.56 Å². The number of fused-ring (bicyclic) bond motifs is 1. The van der Waals surface area contributed by atoms with Crippen molar-refractivity contribution in [1.29, 1.82) is 0 Å². The molecule has 0 radical (unpaired) electrons. The van der Waals surface area contributed by atoms with Gasteiger partial charge in [0, 0.05) is 19.5 Å². The Morgan fingerprint density at radius 2 is 2.00 bits per heavy atom. The van der Waals surface area contributed by atoms with Crippen molar-refractivity contribution in [2.75, 3.05) is 0 Å². The van der Waals surface area contributed by atoms with Gasteiger partial charge in [-0.2, -0.15) is 0 Å². The molecule has 0 saturated heterocycles. The van der Waals surface area contributed by atoms with E-state index in [1.807, 2.05) is 24.3 Å². The Hall–Kier alpha value is -0.467. The predicted molar refractivity (Wildman–Crippen MR) is 42.4 cm³/mol. The van der Waals surface area contributed by atoms with Crippen LogP contribution in [0, 0.1) is 0 Å². The topological polar surface area (TPSA) is 32.9 Å². The van der Waals surface area contributed by atoms with Crippen LogP contribution >= 0.6 is 11.5 Å². The zero-order valence-corrected chi connectivity index (χ0v) is 9.62. The summed E-state index contributed by atoms with van der Waals surface area (Å²) in [5.74, 6) is 0. The summed E-state index contributed by atoms with van der Waals surface area (Å²) in [6.07, 6.45) is 0. The second-order valence-corrected chi connectivity index (χ2v) is 2.88. The van der Waals surface area contributed by atoms with Crippen molar-refractivity contribution in [2.45, 2.75) is 0 Å². The summed E-state index contributed by atoms with van der Waals surface area (Å²) < 4.78 is 3.68. The predicted octanol–water partition coefficient (Wildman–Crippen LogP) is 1.59. The molecule has 2 rings (SSSR count). The minimum atomic E-state index is 0. The van der Waals surface area contributed by atoms with Crippen molar-refractivity contribution in [2.24, 2.45) is 0 Å². The van der Waals surface area contributed by atoms with Crippen molar-refractivity contribution in [3.63, 3.8) is 0 Å². The van der Waals surface area contributed by atoms with E-state index in [0.717, 1.165) is 10.1 Å². The van der Waals surface area contributed by atoms with Gasteiger partial charge in [-0.25, -0.2) is 0 Å². The molecule has 4 heteroatoms. The average Bonchev–Trinajstić information content (AvgIpc) is 2.34. The Kier molecular flexibility index (Phi) is 2.58. The smallest absolute Gasteiger partial charge is 0.265 e. The molecule has 11 heavy (non-hydrogen) atoms. The van der Waals surface area contributed by atoms with Crippen molar-refractivity contribution in [1.82, 2.24) is 4.37 Å². The van der Waals surface area contributed by atoms with Crippen LogP contribution in [0.15, 0.2) is 29.1 Å². The third kappa shape index (κ3) is 1.42. The summed E-state index contributed by atoms with van der Waals surface area (Å²) in [5, 5.41) is 0.785. The minimum absolute atomic E-state index is 0. The number of H-pyrrole nitrogens is 1. The molecule has 0 atom stereocenters. The van der Waals surface area contributed by atoms with Gasteiger partial charge in [0.2, 0.25) is 0 Å². The standard InChI is InChI=1S/C7H5NOS.Zn/c9-7-5-3-1-2-4-6(5)10-8-7;/h1-4H,(H,8,9);. The van der Waals surface area contributed by atoms with Crippen LogP contribution in [0.1, 0.15) is 0 Å². The Balaban J connectivity index is 0.000000605. The van der Waals surface area contributed by atoms with Crippen molar-refractivity contribution < 1.29 is 19.5 Å². The van der Waals surface area contributed by atoms with Crippen LogP contribution in [-0.2, 0) is 19.5 Å². The Morgan fingerprint density at radius 3 is 2.73 bits per heavy atom. The van der Waals surface area contributed by atoms with E-state index in [2.05, 4.69) is 4.37 Å². The van der Waals surface area contributed by atoms with Gasteiger partial charge in [-0.15, -0.1) is 0 Å². The summed E-state index contributed by atoms with van der Waals surface area (Å²) in [6.45, 7) is 0. The van der Waals surface area contributed by atoms with E-state index < -0.39 is 0 Å². The number of aromatic amines is 1. The second-order valence-electron chi connectivity index (χ2n) is 2.03. The normalized spacial score (nSPS) is 9.45.